The maximum absolute atomic E-state index is 12.4. The first-order valence-corrected chi connectivity index (χ1v) is 6.69. The second kappa shape index (κ2) is 6.72. The molecule has 0 radical (unpaired) electrons. The number of rotatable bonds is 3. The lowest BCUT2D eigenvalue weighted by Gasteiger charge is -2.33. The summed E-state index contributed by atoms with van der Waals surface area (Å²) >= 11 is 6.05. The van der Waals surface area contributed by atoms with Gasteiger partial charge >= 0.3 is 5.97 Å². The van der Waals surface area contributed by atoms with Crippen molar-refractivity contribution in [3.05, 3.63) is 34.9 Å². The van der Waals surface area contributed by atoms with E-state index in [4.69, 9.17) is 21.1 Å². The predicted octanol–water partition coefficient (Wildman–Crippen LogP) is 1.28. The highest BCUT2D eigenvalue weighted by Gasteiger charge is 2.33. The van der Waals surface area contributed by atoms with Crippen LogP contribution in [0, 0.1) is 0 Å². The average molecular weight is 298 g/mol. The van der Waals surface area contributed by atoms with Gasteiger partial charge in [-0.05, 0) is 11.6 Å². The Hall–Kier alpha value is -1.59. The van der Waals surface area contributed by atoms with E-state index >= 15 is 0 Å². The molecule has 1 atom stereocenters. The number of carbonyl (C=O) groups is 2. The number of ether oxygens (including phenoxy) is 2. The smallest absolute Gasteiger partial charge is 0.331 e. The zero-order valence-electron chi connectivity index (χ0n) is 11.2. The number of nitrogens with zero attached hydrogens (tertiary/aromatic N) is 1. The summed E-state index contributed by atoms with van der Waals surface area (Å²) in [6.45, 7) is 0.964. The fourth-order valence-electron chi connectivity index (χ4n) is 2.14. The molecule has 5 nitrogen and oxygen atoms in total. The van der Waals surface area contributed by atoms with Crippen LogP contribution in [0.15, 0.2) is 24.3 Å². The standard InChI is InChI=1S/C14H16ClNO4/c1-19-14(18)12-9-20-7-6-16(12)13(17)8-10-4-2-3-5-11(10)15/h2-5,12H,6-9H2,1H3. The van der Waals surface area contributed by atoms with E-state index in [1.54, 1.807) is 12.1 Å². The van der Waals surface area contributed by atoms with Gasteiger partial charge in [-0.3, -0.25) is 4.79 Å². The molecule has 1 aromatic rings. The van der Waals surface area contributed by atoms with Gasteiger partial charge in [0, 0.05) is 11.6 Å². The van der Waals surface area contributed by atoms with Crippen molar-refractivity contribution >= 4 is 23.5 Å². The highest BCUT2D eigenvalue weighted by atomic mass is 35.5. The van der Waals surface area contributed by atoms with Crippen LogP contribution in [-0.4, -0.2) is 49.7 Å². The van der Waals surface area contributed by atoms with E-state index in [1.165, 1.54) is 12.0 Å². The van der Waals surface area contributed by atoms with Crippen LogP contribution in [0.25, 0.3) is 0 Å². The minimum absolute atomic E-state index is 0.156. The normalized spacial score (nSPS) is 18.7. The number of amides is 1. The van der Waals surface area contributed by atoms with E-state index in [0.29, 0.717) is 18.2 Å². The molecule has 0 bridgehead atoms. The van der Waals surface area contributed by atoms with Crippen molar-refractivity contribution in [1.82, 2.24) is 4.90 Å². The van der Waals surface area contributed by atoms with Crippen molar-refractivity contribution in [1.29, 1.82) is 0 Å². The summed E-state index contributed by atoms with van der Waals surface area (Å²) in [5.41, 5.74) is 0.745. The summed E-state index contributed by atoms with van der Waals surface area (Å²) in [5.74, 6) is -0.617. The quantitative estimate of drug-likeness (QED) is 0.789. The first-order chi connectivity index (χ1) is 9.63. The molecule has 0 aliphatic carbocycles. The molecule has 20 heavy (non-hydrogen) atoms. The largest absolute Gasteiger partial charge is 0.467 e. The van der Waals surface area contributed by atoms with Crippen LogP contribution in [0.3, 0.4) is 0 Å². The van der Waals surface area contributed by atoms with E-state index in [0.717, 1.165) is 5.56 Å². The van der Waals surface area contributed by atoms with Gasteiger partial charge in [-0.15, -0.1) is 0 Å². The number of morpholine rings is 1. The van der Waals surface area contributed by atoms with E-state index in [2.05, 4.69) is 0 Å². The zero-order valence-corrected chi connectivity index (χ0v) is 11.9. The molecule has 0 spiro atoms. The Morgan fingerprint density at radius 3 is 2.90 bits per heavy atom. The Morgan fingerprint density at radius 1 is 1.45 bits per heavy atom. The highest BCUT2D eigenvalue weighted by Crippen LogP contribution is 2.18. The molecule has 6 heteroatoms. The molecule has 1 fully saturated rings. The van der Waals surface area contributed by atoms with Crippen LogP contribution in [0.2, 0.25) is 5.02 Å². The Morgan fingerprint density at radius 2 is 2.20 bits per heavy atom. The topological polar surface area (TPSA) is 55.8 Å². The van der Waals surface area contributed by atoms with Crippen molar-refractivity contribution in [3.63, 3.8) is 0 Å². The van der Waals surface area contributed by atoms with Crippen LogP contribution >= 0.6 is 11.6 Å². The van der Waals surface area contributed by atoms with Gasteiger partial charge in [0.25, 0.3) is 0 Å². The van der Waals surface area contributed by atoms with E-state index in [9.17, 15) is 9.59 Å². The third kappa shape index (κ3) is 3.29. The second-order valence-electron chi connectivity index (χ2n) is 4.47. The summed E-state index contributed by atoms with van der Waals surface area (Å²) in [7, 11) is 1.30. The zero-order chi connectivity index (χ0) is 14.5. The minimum atomic E-state index is -0.677. The maximum atomic E-state index is 12.4. The molecule has 2 rings (SSSR count). The Balaban J connectivity index is 2.10. The Labute approximate surface area is 122 Å². The lowest BCUT2D eigenvalue weighted by Crippen LogP contribution is -2.53. The third-order valence-electron chi connectivity index (χ3n) is 3.22. The van der Waals surface area contributed by atoms with Gasteiger partial charge < -0.3 is 14.4 Å². The molecule has 1 aliphatic heterocycles. The number of methoxy groups -OCH3 is 1. The molecule has 1 aromatic carbocycles. The van der Waals surface area contributed by atoms with Gasteiger partial charge in [0.2, 0.25) is 5.91 Å². The minimum Gasteiger partial charge on any atom is -0.467 e. The van der Waals surface area contributed by atoms with E-state index in [1.807, 2.05) is 12.1 Å². The molecular weight excluding hydrogens is 282 g/mol. The summed E-state index contributed by atoms with van der Waals surface area (Å²) < 4.78 is 9.94. The fourth-order valence-corrected chi connectivity index (χ4v) is 2.34. The third-order valence-corrected chi connectivity index (χ3v) is 3.59. The van der Waals surface area contributed by atoms with Crippen LogP contribution < -0.4 is 0 Å². The molecule has 1 amide bonds. The van der Waals surface area contributed by atoms with Gasteiger partial charge in [-0.1, -0.05) is 29.8 Å². The molecule has 1 aliphatic rings. The second-order valence-corrected chi connectivity index (χ2v) is 4.88. The van der Waals surface area contributed by atoms with Crippen molar-refractivity contribution < 1.29 is 19.1 Å². The van der Waals surface area contributed by atoms with Crippen molar-refractivity contribution in [2.75, 3.05) is 26.9 Å². The van der Waals surface area contributed by atoms with Crippen molar-refractivity contribution in [2.24, 2.45) is 0 Å². The summed E-state index contributed by atoms with van der Waals surface area (Å²) in [5, 5.41) is 0.545. The molecular formula is C14H16ClNO4. The van der Waals surface area contributed by atoms with Gasteiger partial charge in [0.15, 0.2) is 6.04 Å². The van der Waals surface area contributed by atoms with Gasteiger partial charge in [-0.25, -0.2) is 4.79 Å². The lowest BCUT2D eigenvalue weighted by molar-refractivity contribution is -0.160. The molecule has 1 heterocycles. The fraction of sp³-hybridized carbons (Fsp3) is 0.429. The monoisotopic (exact) mass is 297 g/mol. The SMILES string of the molecule is COC(=O)C1COCCN1C(=O)Cc1ccccc1Cl. The van der Waals surface area contributed by atoms with E-state index < -0.39 is 12.0 Å². The number of hydrogen-bond donors (Lipinski definition) is 0. The van der Waals surface area contributed by atoms with Crippen LogP contribution in [0.4, 0.5) is 0 Å². The summed E-state index contributed by atoms with van der Waals surface area (Å²) in [6.07, 6.45) is 0.160. The number of hydrogen-bond acceptors (Lipinski definition) is 4. The first kappa shape index (κ1) is 14.8. The van der Waals surface area contributed by atoms with Gasteiger partial charge in [-0.2, -0.15) is 0 Å². The van der Waals surface area contributed by atoms with Crippen molar-refractivity contribution in [3.8, 4) is 0 Å². The average Bonchev–Trinajstić information content (AvgIpc) is 2.48. The van der Waals surface area contributed by atoms with Crippen LogP contribution in [0.5, 0.6) is 0 Å². The number of benzene rings is 1. The number of halogens is 1. The van der Waals surface area contributed by atoms with Gasteiger partial charge in [0.05, 0.1) is 26.7 Å². The highest BCUT2D eigenvalue weighted by molar-refractivity contribution is 6.31. The molecule has 1 unspecified atom stereocenters. The first-order valence-electron chi connectivity index (χ1n) is 6.32. The Kier molecular flexibility index (Phi) is 4.98. The summed E-state index contributed by atoms with van der Waals surface area (Å²) in [4.78, 5) is 25.5. The van der Waals surface area contributed by atoms with Crippen LogP contribution in [0.1, 0.15) is 5.56 Å². The molecule has 0 saturated carbocycles. The number of carbonyl (C=O) groups excluding carboxylic acids is 2. The summed E-state index contributed by atoms with van der Waals surface area (Å²) in [6, 6.07) is 6.49. The molecule has 0 N–H and O–H groups in total. The van der Waals surface area contributed by atoms with Crippen molar-refractivity contribution in [2.45, 2.75) is 12.5 Å². The van der Waals surface area contributed by atoms with E-state index in [-0.39, 0.29) is 18.9 Å². The molecule has 1 saturated heterocycles. The maximum Gasteiger partial charge on any atom is 0.331 e. The predicted molar refractivity (Wildman–Crippen MR) is 73.5 cm³/mol. The van der Waals surface area contributed by atoms with Gasteiger partial charge in [0.1, 0.15) is 0 Å². The van der Waals surface area contributed by atoms with Crippen LogP contribution in [-0.2, 0) is 25.5 Å². The molecule has 0 aromatic heterocycles. The molecule has 108 valence electrons. The lowest BCUT2D eigenvalue weighted by atomic mass is 10.1. The Bertz CT molecular complexity index is 506. The number of esters is 1.